The molecular formula is C28H28BrNO5. The third kappa shape index (κ3) is 8.00. The number of benzene rings is 3. The van der Waals surface area contributed by atoms with E-state index in [9.17, 15) is 9.59 Å². The minimum absolute atomic E-state index is 0.267. The summed E-state index contributed by atoms with van der Waals surface area (Å²) in [6.45, 7) is 4.72. The fourth-order valence-corrected chi connectivity index (χ4v) is 3.65. The highest BCUT2D eigenvalue weighted by Gasteiger charge is 2.12. The van der Waals surface area contributed by atoms with E-state index in [-0.39, 0.29) is 17.8 Å². The summed E-state index contributed by atoms with van der Waals surface area (Å²) >= 11 is 3.53. The van der Waals surface area contributed by atoms with Gasteiger partial charge in [-0.2, -0.15) is 0 Å². The van der Waals surface area contributed by atoms with Crippen LogP contribution in [0.2, 0.25) is 0 Å². The summed E-state index contributed by atoms with van der Waals surface area (Å²) in [5, 5.41) is 2.78. The Balaban J connectivity index is 1.61. The van der Waals surface area contributed by atoms with Crippen molar-refractivity contribution in [2.24, 2.45) is 5.92 Å². The smallest absolute Gasteiger partial charge is 0.338 e. The lowest BCUT2D eigenvalue weighted by Crippen LogP contribution is -2.11. The molecule has 0 aromatic heterocycles. The van der Waals surface area contributed by atoms with Crippen LogP contribution in [0, 0.1) is 5.92 Å². The first-order valence-corrected chi connectivity index (χ1v) is 12.0. The van der Waals surface area contributed by atoms with Gasteiger partial charge in [0.2, 0.25) is 5.91 Å². The molecule has 3 aromatic carbocycles. The lowest BCUT2D eigenvalue weighted by Gasteiger charge is -2.13. The van der Waals surface area contributed by atoms with Crippen LogP contribution in [-0.2, 0) is 16.1 Å². The van der Waals surface area contributed by atoms with Crippen LogP contribution in [0.25, 0.3) is 6.08 Å². The molecular weight excluding hydrogens is 510 g/mol. The van der Waals surface area contributed by atoms with Crippen molar-refractivity contribution in [2.45, 2.75) is 20.5 Å². The molecule has 1 N–H and O–H groups in total. The molecule has 3 aromatic rings. The van der Waals surface area contributed by atoms with E-state index in [1.165, 1.54) is 6.08 Å². The van der Waals surface area contributed by atoms with E-state index in [0.717, 1.165) is 11.1 Å². The Morgan fingerprint density at radius 1 is 1.03 bits per heavy atom. The van der Waals surface area contributed by atoms with Crippen LogP contribution in [0.3, 0.4) is 0 Å². The summed E-state index contributed by atoms with van der Waals surface area (Å²) in [6.07, 6.45) is 3.11. The molecule has 0 radical (unpaired) electrons. The standard InChI is InChI=1S/C28H28BrNO5/c1-19(2)17-35-28(32)22-10-12-23(13-11-22)30-26(31)14-9-21-15-24(29)27(25(16-21)33-3)34-18-20-7-5-4-6-8-20/h4-16,19H,17-18H2,1-3H3,(H,30,31)/b14-9+. The molecule has 0 aliphatic heterocycles. The van der Waals surface area contributed by atoms with Gasteiger partial charge in [-0.15, -0.1) is 0 Å². The molecule has 0 fully saturated rings. The number of esters is 1. The number of rotatable bonds is 10. The van der Waals surface area contributed by atoms with Crippen molar-refractivity contribution in [1.82, 2.24) is 0 Å². The molecule has 0 saturated carbocycles. The van der Waals surface area contributed by atoms with Gasteiger partial charge in [0.15, 0.2) is 11.5 Å². The van der Waals surface area contributed by atoms with Gasteiger partial charge in [0.05, 0.1) is 23.8 Å². The van der Waals surface area contributed by atoms with Gasteiger partial charge in [-0.1, -0.05) is 44.2 Å². The van der Waals surface area contributed by atoms with E-state index in [1.54, 1.807) is 43.5 Å². The van der Waals surface area contributed by atoms with Gasteiger partial charge in [-0.25, -0.2) is 4.79 Å². The van der Waals surface area contributed by atoms with Crippen molar-refractivity contribution in [3.8, 4) is 11.5 Å². The molecule has 7 heteroatoms. The second-order valence-corrected chi connectivity index (χ2v) is 9.05. The van der Waals surface area contributed by atoms with Gasteiger partial charge in [0.25, 0.3) is 0 Å². The maximum Gasteiger partial charge on any atom is 0.338 e. The largest absolute Gasteiger partial charge is 0.493 e. The van der Waals surface area contributed by atoms with Crippen LogP contribution >= 0.6 is 15.9 Å². The van der Waals surface area contributed by atoms with Gasteiger partial charge in [-0.3, -0.25) is 4.79 Å². The van der Waals surface area contributed by atoms with Crippen LogP contribution in [0.15, 0.2) is 77.3 Å². The minimum Gasteiger partial charge on any atom is -0.493 e. The van der Waals surface area contributed by atoms with Gasteiger partial charge in [0, 0.05) is 11.8 Å². The predicted octanol–water partition coefficient (Wildman–Crippen LogP) is 6.50. The number of nitrogens with one attached hydrogen (secondary N) is 1. The van der Waals surface area contributed by atoms with Crippen molar-refractivity contribution < 1.29 is 23.8 Å². The number of hydrogen-bond acceptors (Lipinski definition) is 5. The lowest BCUT2D eigenvalue weighted by atomic mass is 10.1. The second kappa shape index (κ2) is 12.8. The number of carbonyl (C=O) groups excluding carboxylic acids is 2. The van der Waals surface area contributed by atoms with Gasteiger partial charge in [-0.05, 0) is 75.4 Å². The molecule has 3 rings (SSSR count). The first kappa shape index (κ1) is 26.0. The molecule has 1 amide bonds. The summed E-state index contributed by atoms with van der Waals surface area (Å²) in [6, 6.07) is 20.1. The Morgan fingerprint density at radius 2 is 1.74 bits per heavy atom. The SMILES string of the molecule is COc1cc(/C=C/C(=O)Nc2ccc(C(=O)OCC(C)C)cc2)cc(Br)c1OCc1ccccc1. The number of amides is 1. The highest BCUT2D eigenvalue weighted by atomic mass is 79.9. The predicted molar refractivity (Wildman–Crippen MR) is 141 cm³/mol. The number of methoxy groups -OCH3 is 1. The Hall–Kier alpha value is -3.58. The summed E-state index contributed by atoms with van der Waals surface area (Å²) in [5.74, 6) is 0.718. The third-order valence-corrected chi connectivity index (χ3v) is 5.43. The summed E-state index contributed by atoms with van der Waals surface area (Å²) < 4.78 is 17.4. The number of halogens is 1. The zero-order chi connectivity index (χ0) is 25.2. The molecule has 0 aliphatic carbocycles. The van der Waals surface area contributed by atoms with Crippen molar-refractivity contribution in [1.29, 1.82) is 0 Å². The molecule has 0 unspecified atom stereocenters. The monoisotopic (exact) mass is 537 g/mol. The van der Waals surface area contributed by atoms with Gasteiger partial charge < -0.3 is 19.5 Å². The van der Waals surface area contributed by atoms with Crippen molar-refractivity contribution in [3.05, 3.63) is 94.0 Å². The third-order valence-electron chi connectivity index (χ3n) is 4.84. The number of hydrogen-bond donors (Lipinski definition) is 1. The maximum atomic E-state index is 12.4. The zero-order valence-electron chi connectivity index (χ0n) is 19.9. The molecule has 0 spiro atoms. The first-order valence-electron chi connectivity index (χ1n) is 11.2. The molecule has 0 heterocycles. The van der Waals surface area contributed by atoms with Crippen molar-refractivity contribution in [3.63, 3.8) is 0 Å². The topological polar surface area (TPSA) is 73.9 Å². The molecule has 0 atom stereocenters. The molecule has 35 heavy (non-hydrogen) atoms. The highest BCUT2D eigenvalue weighted by molar-refractivity contribution is 9.10. The van der Waals surface area contributed by atoms with E-state index in [0.29, 0.717) is 40.4 Å². The fraction of sp³-hybridized carbons (Fsp3) is 0.214. The van der Waals surface area contributed by atoms with E-state index in [2.05, 4.69) is 21.2 Å². The minimum atomic E-state index is -0.382. The van der Waals surface area contributed by atoms with E-state index < -0.39 is 0 Å². The summed E-state index contributed by atoms with van der Waals surface area (Å²) in [5.41, 5.74) is 2.82. The number of carbonyl (C=O) groups is 2. The Bertz CT molecular complexity index is 1170. The quantitative estimate of drug-likeness (QED) is 0.236. The van der Waals surface area contributed by atoms with Crippen LogP contribution in [0.5, 0.6) is 11.5 Å². The van der Waals surface area contributed by atoms with E-state index >= 15 is 0 Å². The maximum absolute atomic E-state index is 12.4. The van der Waals surface area contributed by atoms with Crippen molar-refractivity contribution >= 4 is 39.6 Å². The van der Waals surface area contributed by atoms with E-state index in [4.69, 9.17) is 14.2 Å². The van der Waals surface area contributed by atoms with Gasteiger partial charge >= 0.3 is 5.97 Å². The number of anilines is 1. The second-order valence-electron chi connectivity index (χ2n) is 8.20. The average Bonchev–Trinajstić information content (AvgIpc) is 2.86. The van der Waals surface area contributed by atoms with Gasteiger partial charge in [0.1, 0.15) is 6.61 Å². The molecule has 182 valence electrons. The first-order chi connectivity index (χ1) is 16.9. The van der Waals surface area contributed by atoms with Crippen LogP contribution in [-0.4, -0.2) is 25.6 Å². The Labute approximate surface area is 214 Å². The Morgan fingerprint density at radius 3 is 2.40 bits per heavy atom. The lowest BCUT2D eigenvalue weighted by molar-refractivity contribution is -0.111. The molecule has 0 bridgehead atoms. The fourth-order valence-electron chi connectivity index (χ4n) is 3.08. The van der Waals surface area contributed by atoms with Crippen LogP contribution in [0.4, 0.5) is 5.69 Å². The number of ether oxygens (including phenoxy) is 3. The Kier molecular flexibility index (Phi) is 9.49. The average molecular weight is 538 g/mol. The zero-order valence-corrected chi connectivity index (χ0v) is 21.5. The van der Waals surface area contributed by atoms with E-state index in [1.807, 2.05) is 50.2 Å². The highest BCUT2D eigenvalue weighted by Crippen LogP contribution is 2.37. The normalized spacial score (nSPS) is 10.9. The molecule has 6 nitrogen and oxygen atoms in total. The summed E-state index contributed by atoms with van der Waals surface area (Å²) in [4.78, 5) is 24.4. The van der Waals surface area contributed by atoms with Crippen LogP contribution < -0.4 is 14.8 Å². The molecule has 0 aliphatic rings. The summed E-state index contributed by atoms with van der Waals surface area (Å²) in [7, 11) is 1.57. The molecule has 0 saturated heterocycles. The van der Waals surface area contributed by atoms with Crippen LogP contribution in [0.1, 0.15) is 35.3 Å². The van der Waals surface area contributed by atoms with Crippen molar-refractivity contribution in [2.75, 3.05) is 19.0 Å².